The number of carboxylic acids is 1. The van der Waals surface area contributed by atoms with Gasteiger partial charge in [0.2, 0.25) is 5.95 Å². The van der Waals surface area contributed by atoms with Gasteiger partial charge in [-0.15, -0.1) is 0 Å². The molecule has 2 rings (SSSR count). The molecule has 0 aliphatic carbocycles. The van der Waals surface area contributed by atoms with Crippen molar-refractivity contribution in [3.05, 3.63) is 5.82 Å². The van der Waals surface area contributed by atoms with Crippen LogP contribution < -0.4 is 5.32 Å². The lowest BCUT2D eigenvalue weighted by atomic mass is 10.4. The summed E-state index contributed by atoms with van der Waals surface area (Å²) in [6.45, 7) is 1.59. The molecule has 0 bridgehead atoms. The molecule has 0 fully saturated rings. The van der Waals surface area contributed by atoms with E-state index in [2.05, 4.69) is 15.4 Å². The molecule has 0 saturated heterocycles. The number of hydrogen-bond donors (Lipinski definition) is 2. The number of carbonyl (C=O) groups is 1. The highest BCUT2D eigenvalue weighted by Gasteiger charge is 2.15. The van der Waals surface area contributed by atoms with E-state index in [-0.39, 0.29) is 6.42 Å². The van der Waals surface area contributed by atoms with Crippen molar-refractivity contribution in [2.75, 3.05) is 11.9 Å². The van der Waals surface area contributed by atoms with Crippen molar-refractivity contribution in [3.8, 4) is 0 Å². The number of fused-ring (bicyclic) bond motifs is 1. The van der Waals surface area contributed by atoms with E-state index in [1.165, 1.54) is 0 Å². The predicted octanol–water partition coefficient (Wildman–Crippen LogP) is -0.669. The van der Waals surface area contributed by atoms with Crippen LogP contribution in [-0.4, -0.2) is 32.4 Å². The van der Waals surface area contributed by atoms with E-state index in [0.717, 1.165) is 13.1 Å². The highest BCUT2D eigenvalue weighted by Crippen LogP contribution is 2.10. The third-order valence-corrected chi connectivity index (χ3v) is 1.63. The van der Waals surface area contributed by atoms with Gasteiger partial charge in [-0.3, -0.25) is 4.79 Å². The fourth-order valence-corrected chi connectivity index (χ4v) is 1.16. The molecule has 1 aromatic rings. The van der Waals surface area contributed by atoms with Crippen LogP contribution in [0.1, 0.15) is 5.82 Å². The SMILES string of the molecule is O=C(O)Cc1nc2n(n1)CCN2. The molecule has 0 amide bonds. The summed E-state index contributed by atoms with van der Waals surface area (Å²) < 4.78 is 1.68. The molecule has 6 heteroatoms. The van der Waals surface area contributed by atoms with Crippen molar-refractivity contribution in [1.82, 2.24) is 14.8 Å². The molecule has 64 valence electrons. The first kappa shape index (κ1) is 7.08. The minimum Gasteiger partial charge on any atom is -0.481 e. The third kappa shape index (κ3) is 1.11. The molecule has 2 N–H and O–H groups in total. The van der Waals surface area contributed by atoms with Crippen LogP contribution in [0, 0.1) is 0 Å². The molecule has 0 aromatic carbocycles. The topological polar surface area (TPSA) is 80.0 Å². The molecule has 1 aliphatic heterocycles. The van der Waals surface area contributed by atoms with Gasteiger partial charge < -0.3 is 10.4 Å². The van der Waals surface area contributed by atoms with Crippen LogP contribution in [0.15, 0.2) is 0 Å². The average molecular weight is 168 g/mol. The summed E-state index contributed by atoms with van der Waals surface area (Å²) >= 11 is 0. The quantitative estimate of drug-likeness (QED) is 0.612. The van der Waals surface area contributed by atoms with Crippen molar-refractivity contribution in [2.24, 2.45) is 0 Å². The van der Waals surface area contributed by atoms with Gasteiger partial charge in [-0.1, -0.05) is 0 Å². The minimum atomic E-state index is -0.903. The predicted molar refractivity (Wildman–Crippen MR) is 39.9 cm³/mol. The average Bonchev–Trinajstić information content (AvgIpc) is 2.43. The van der Waals surface area contributed by atoms with Crippen molar-refractivity contribution in [2.45, 2.75) is 13.0 Å². The van der Waals surface area contributed by atoms with Gasteiger partial charge in [-0.05, 0) is 0 Å². The zero-order chi connectivity index (χ0) is 8.55. The van der Waals surface area contributed by atoms with Gasteiger partial charge in [0.15, 0.2) is 5.82 Å². The summed E-state index contributed by atoms with van der Waals surface area (Å²) in [6.07, 6.45) is -0.109. The molecular weight excluding hydrogens is 160 g/mol. The highest BCUT2D eigenvalue weighted by atomic mass is 16.4. The van der Waals surface area contributed by atoms with Crippen molar-refractivity contribution >= 4 is 11.9 Å². The van der Waals surface area contributed by atoms with Crippen LogP contribution in [0.3, 0.4) is 0 Å². The molecule has 0 spiro atoms. The van der Waals surface area contributed by atoms with Crippen molar-refractivity contribution < 1.29 is 9.90 Å². The van der Waals surface area contributed by atoms with Gasteiger partial charge in [0.1, 0.15) is 6.42 Å². The van der Waals surface area contributed by atoms with Gasteiger partial charge in [0.25, 0.3) is 0 Å². The lowest BCUT2D eigenvalue weighted by Crippen LogP contribution is -2.05. The van der Waals surface area contributed by atoms with E-state index in [0.29, 0.717) is 11.8 Å². The lowest BCUT2D eigenvalue weighted by Gasteiger charge is -1.88. The summed E-state index contributed by atoms with van der Waals surface area (Å²) in [4.78, 5) is 14.3. The number of nitrogens with zero attached hydrogens (tertiary/aromatic N) is 3. The number of aliphatic carboxylic acids is 1. The number of carboxylic acid groups (broad SMARTS) is 1. The first-order chi connectivity index (χ1) is 5.75. The van der Waals surface area contributed by atoms with Gasteiger partial charge >= 0.3 is 5.97 Å². The van der Waals surface area contributed by atoms with Gasteiger partial charge in [0, 0.05) is 6.54 Å². The Bertz CT molecular complexity index is 298. The van der Waals surface area contributed by atoms with E-state index in [1.54, 1.807) is 4.68 Å². The summed E-state index contributed by atoms with van der Waals surface area (Å²) in [6, 6.07) is 0. The molecule has 2 heterocycles. The third-order valence-electron chi connectivity index (χ3n) is 1.63. The summed E-state index contributed by atoms with van der Waals surface area (Å²) in [5.74, 6) is 0.134. The maximum Gasteiger partial charge on any atom is 0.311 e. The lowest BCUT2D eigenvalue weighted by molar-refractivity contribution is -0.136. The molecule has 12 heavy (non-hydrogen) atoms. The van der Waals surface area contributed by atoms with Crippen LogP contribution in [-0.2, 0) is 17.8 Å². The Morgan fingerprint density at radius 3 is 3.25 bits per heavy atom. The normalized spacial score (nSPS) is 14.0. The highest BCUT2D eigenvalue weighted by molar-refractivity contribution is 5.69. The monoisotopic (exact) mass is 168 g/mol. The Labute approximate surface area is 68.2 Å². The van der Waals surface area contributed by atoms with Crippen LogP contribution >= 0.6 is 0 Å². The largest absolute Gasteiger partial charge is 0.481 e. The maximum absolute atomic E-state index is 10.3. The Kier molecular flexibility index (Phi) is 1.46. The molecule has 1 aliphatic rings. The van der Waals surface area contributed by atoms with Gasteiger partial charge in [0.05, 0.1) is 6.54 Å². The summed E-state index contributed by atoms with van der Waals surface area (Å²) in [5.41, 5.74) is 0. The van der Waals surface area contributed by atoms with E-state index in [4.69, 9.17) is 5.11 Å². The smallest absolute Gasteiger partial charge is 0.311 e. The van der Waals surface area contributed by atoms with Gasteiger partial charge in [-0.2, -0.15) is 10.1 Å². The maximum atomic E-state index is 10.3. The Balaban J connectivity index is 2.20. The molecule has 1 aromatic heterocycles. The van der Waals surface area contributed by atoms with Crippen LogP contribution in [0.2, 0.25) is 0 Å². The Morgan fingerprint density at radius 1 is 1.75 bits per heavy atom. The fraction of sp³-hybridized carbons (Fsp3) is 0.500. The van der Waals surface area contributed by atoms with E-state index >= 15 is 0 Å². The van der Waals surface area contributed by atoms with Crippen LogP contribution in [0.4, 0.5) is 5.95 Å². The first-order valence-corrected chi connectivity index (χ1v) is 3.65. The van der Waals surface area contributed by atoms with E-state index in [9.17, 15) is 4.79 Å². The molecule has 0 radical (unpaired) electrons. The number of rotatable bonds is 2. The molecule has 0 saturated carbocycles. The van der Waals surface area contributed by atoms with Crippen molar-refractivity contribution in [3.63, 3.8) is 0 Å². The van der Waals surface area contributed by atoms with Gasteiger partial charge in [-0.25, -0.2) is 4.68 Å². The van der Waals surface area contributed by atoms with Crippen LogP contribution in [0.25, 0.3) is 0 Å². The number of hydrogen-bond acceptors (Lipinski definition) is 4. The summed E-state index contributed by atoms with van der Waals surface area (Å²) in [7, 11) is 0. The van der Waals surface area contributed by atoms with Crippen molar-refractivity contribution in [1.29, 1.82) is 0 Å². The van der Waals surface area contributed by atoms with E-state index < -0.39 is 5.97 Å². The minimum absolute atomic E-state index is 0.109. The second-order valence-corrected chi connectivity index (χ2v) is 2.57. The zero-order valence-corrected chi connectivity index (χ0v) is 6.32. The standard InChI is InChI=1S/C6H8N4O2/c11-5(12)3-4-8-6-7-1-2-10(6)9-4/h1-3H2,(H,11,12)(H,7,8,9). The first-order valence-electron chi connectivity index (χ1n) is 3.65. The fourth-order valence-electron chi connectivity index (χ4n) is 1.16. The molecule has 0 atom stereocenters. The Hall–Kier alpha value is -1.59. The second-order valence-electron chi connectivity index (χ2n) is 2.57. The Morgan fingerprint density at radius 2 is 2.58 bits per heavy atom. The van der Waals surface area contributed by atoms with E-state index in [1.807, 2.05) is 0 Å². The number of nitrogens with one attached hydrogen (secondary N) is 1. The number of anilines is 1. The number of aromatic nitrogens is 3. The molecular formula is C6H8N4O2. The summed E-state index contributed by atoms with van der Waals surface area (Å²) in [5, 5.41) is 15.4. The zero-order valence-electron chi connectivity index (χ0n) is 6.32. The molecule has 0 unspecified atom stereocenters. The van der Waals surface area contributed by atoms with Crippen LogP contribution in [0.5, 0.6) is 0 Å². The molecule has 6 nitrogen and oxygen atoms in total. The second kappa shape index (κ2) is 2.47.